The van der Waals surface area contributed by atoms with Crippen molar-refractivity contribution in [2.45, 2.75) is 18.9 Å². The SMILES string of the molecule is CC1(F)OC(=O)OC1CF. The molecule has 0 saturated carbocycles. The third kappa shape index (κ3) is 1.03. The Kier molecular flexibility index (Phi) is 1.50. The molecule has 10 heavy (non-hydrogen) atoms. The number of ether oxygens (including phenoxy) is 2. The second-order valence-electron chi connectivity index (χ2n) is 2.10. The van der Waals surface area contributed by atoms with Gasteiger partial charge in [0.2, 0.25) is 6.10 Å². The maximum atomic E-state index is 12.7. The molecule has 1 saturated heterocycles. The van der Waals surface area contributed by atoms with Gasteiger partial charge in [-0.3, -0.25) is 0 Å². The lowest BCUT2D eigenvalue weighted by atomic mass is 10.2. The maximum absolute atomic E-state index is 12.7. The van der Waals surface area contributed by atoms with Crippen molar-refractivity contribution in [1.29, 1.82) is 0 Å². The third-order valence-electron chi connectivity index (χ3n) is 1.24. The van der Waals surface area contributed by atoms with E-state index in [1.54, 1.807) is 0 Å². The van der Waals surface area contributed by atoms with Crippen molar-refractivity contribution in [1.82, 2.24) is 0 Å². The van der Waals surface area contributed by atoms with Crippen molar-refractivity contribution in [3.8, 4) is 0 Å². The average Bonchev–Trinajstić information content (AvgIpc) is 2.04. The summed E-state index contributed by atoms with van der Waals surface area (Å²) in [5.41, 5.74) is 0. The first-order valence-electron chi connectivity index (χ1n) is 2.71. The number of hydrogen-bond donors (Lipinski definition) is 0. The van der Waals surface area contributed by atoms with Crippen LogP contribution < -0.4 is 0 Å². The highest BCUT2D eigenvalue weighted by atomic mass is 19.2. The third-order valence-corrected chi connectivity index (χ3v) is 1.24. The zero-order valence-electron chi connectivity index (χ0n) is 5.27. The summed E-state index contributed by atoms with van der Waals surface area (Å²) in [7, 11) is 0. The first-order chi connectivity index (χ1) is 4.56. The van der Waals surface area contributed by atoms with Gasteiger partial charge < -0.3 is 9.47 Å². The summed E-state index contributed by atoms with van der Waals surface area (Å²) in [5.74, 6) is -2.31. The van der Waals surface area contributed by atoms with Crippen LogP contribution in [0, 0.1) is 0 Å². The van der Waals surface area contributed by atoms with Crippen LogP contribution in [0.5, 0.6) is 0 Å². The van der Waals surface area contributed by atoms with Crippen LogP contribution >= 0.6 is 0 Å². The molecule has 0 amide bonds. The van der Waals surface area contributed by atoms with Crippen molar-refractivity contribution in [3.63, 3.8) is 0 Å². The van der Waals surface area contributed by atoms with E-state index < -0.39 is 24.8 Å². The standard InChI is InChI=1S/C5H6F2O3/c1-5(7)3(2-6)9-4(8)10-5/h3H,2H2,1H3. The van der Waals surface area contributed by atoms with Gasteiger partial charge in [0.25, 0.3) is 5.85 Å². The van der Waals surface area contributed by atoms with Gasteiger partial charge in [0, 0.05) is 6.92 Å². The molecule has 1 aliphatic rings. The Morgan fingerprint density at radius 2 is 2.40 bits per heavy atom. The number of carbonyl (C=O) groups is 1. The minimum Gasteiger partial charge on any atom is -0.421 e. The van der Waals surface area contributed by atoms with E-state index in [9.17, 15) is 13.6 Å². The predicted molar refractivity (Wildman–Crippen MR) is 26.8 cm³/mol. The molecule has 0 radical (unpaired) electrons. The van der Waals surface area contributed by atoms with Gasteiger partial charge in [-0.15, -0.1) is 0 Å². The fourth-order valence-corrected chi connectivity index (χ4v) is 0.643. The summed E-state index contributed by atoms with van der Waals surface area (Å²) in [6.45, 7) is -0.124. The van der Waals surface area contributed by atoms with Gasteiger partial charge in [0.05, 0.1) is 0 Å². The molecule has 0 spiro atoms. The fourth-order valence-electron chi connectivity index (χ4n) is 0.643. The molecule has 58 valence electrons. The van der Waals surface area contributed by atoms with Crippen molar-refractivity contribution in [3.05, 3.63) is 0 Å². The topological polar surface area (TPSA) is 35.5 Å². The van der Waals surface area contributed by atoms with E-state index in [1.807, 2.05) is 0 Å². The first-order valence-corrected chi connectivity index (χ1v) is 2.71. The largest absolute Gasteiger partial charge is 0.511 e. The van der Waals surface area contributed by atoms with Crippen LogP contribution in [0.4, 0.5) is 13.6 Å². The highest BCUT2D eigenvalue weighted by Gasteiger charge is 2.48. The molecule has 0 aromatic heterocycles. The molecule has 2 atom stereocenters. The number of rotatable bonds is 1. The Hall–Kier alpha value is -0.870. The lowest BCUT2D eigenvalue weighted by Gasteiger charge is -2.13. The van der Waals surface area contributed by atoms with Gasteiger partial charge in [-0.2, -0.15) is 4.39 Å². The van der Waals surface area contributed by atoms with Crippen molar-refractivity contribution >= 4 is 6.16 Å². The monoisotopic (exact) mass is 152 g/mol. The zero-order chi connectivity index (χ0) is 7.78. The molecule has 2 unspecified atom stereocenters. The number of hydrogen-bond acceptors (Lipinski definition) is 3. The van der Waals surface area contributed by atoms with Gasteiger partial charge in [-0.25, -0.2) is 9.18 Å². The van der Waals surface area contributed by atoms with Gasteiger partial charge >= 0.3 is 6.16 Å². The highest BCUT2D eigenvalue weighted by Crippen LogP contribution is 2.28. The molecular weight excluding hydrogens is 146 g/mol. The van der Waals surface area contributed by atoms with Crippen LogP contribution in [0.2, 0.25) is 0 Å². The molecule has 0 bridgehead atoms. The average molecular weight is 152 g/mol. The van der Waals surface area contributed by atoms with Crippen LogP contribution in [0.25, 0.3) is 0 Å². The minimum atomic E-state index is -2.31. The maximum Gasteiger partial charge on any atom is 0.511 e. The Morgan fingerprint density at radius 1 is 1.80 bits per heavy atom. The lowest BCUT2D eigenvalue weighted by molar-refractivity contribution is -0.0800. The lowest BCUT2D eigenvalue weighted by Crippen LogP contribution is -2.32. The van der Waals surface area contributed by atoms with Crippen LogP contribution in [-0.4, -0.2) is 24.8 Å². The van der Waals surface area contributed by atoms with Gasteiger partial charge in [-0.05, 0) is 0 Å². The Morgan fingerprint density at radius 3 is 2.60 bits per heavy atom. The number of cyclic esters (lactones) is 2. The molecule has 5 heteroatoms. The molecule has 1 heterocycles. The van der Waals surface area contributed by atoms with E-state index >= 15 is 0 Å². The van der Waals surface area contributed by atoms with Crippen molar-refractivity contribution in [2.24, 2.45) is 0 Å². The van der Waals surface area contributed by atoms with Crippen LogP contribution in [-0.2, 0) is 9.47 Å². The van der Waals surface area contributed by atoms with E-state index in [2.05, 4.69) is 9.47 Å². The van der Waals surface area contributed by atoms with Crippen molar-refractivity contribution < 1.29 is 23.0 Å². The number of carbonyl (C=O) groups excluding carboxylic acids is 1. The van der Waals surface area contributed by atoms with Crippen molar-refractivity contribution in [2.75, 3.05) is 6.67 Å². The predicted octanol–water partition coefficient (Wildman–Crippen LogP) is 1.18. The molecular formula is C5H6F2O3. The Labute approximate surface area is 55.9 Å². The van der Waals surface area contributed by atoms with E-state index in [1.165, 1.54) is 0 Å². The molecule has 0 aromatic rings. The second-order valence-corrected chi connectivity index (χ2v) is 2.10. The molecule has 1 aliphatic heterocycles. The van der Waals surface area contributed by atoms with E-state index in [4.69, 9.17) is 0 Å². The molecule has 1 rings (SSSR count). The van der Waals surface area contributed by atoms with E-state index in [-0.39, 0.29) is 0 Å². The van der Waals surface area contributed by atoms with E-state index in [0.29, 0.717) is 0 Å². The number of alkyl halides is 2. The molecule has 3 nitrogen and oxygen atoms in total. The number of halogens is 2. The van der Waals surface area contributed by atoms with E-state index in [0.717, 1.165) is 6.92 Å². The summed E-state index contributed by atoms with van der Waals surface area (Å²) >= 11 is 0. The zero-order valence-corrected chi connectivity index (χ0v) is 5.27. The normalized spacial score (nSPS) is 39.1. The minimum absolute atomic E-state index is 0.947. The summed E-state index contributed by atoms with van der Waals surface area (Å²) < 4.78 is 32.6. The first kappa shape index (κ1) is 7.24. The smallest absolute Gasteiger partial charge is 0.421 e. The summed E-state index contributed by atoms with van der Waals surface area (Å²) in [6.07, 6.45) is -2.58. The molecule has 0 aliphatic carbocycles. The summed E-state index contributed by atoms with van der Waals surface area (Å²) in [5, 5.41) is 0. The summed E-state index contributed by atoms with van der Waals surface area (Å²) in [6, 6.07) is 0. The van der Waals surface area contributed by atoms with Gasteiger partial charge in [0.15, 0.2) is 0 Å². The van der Waals surface area contributed by atoms with Gasteiger partial charge in [-0.1, -0.05) is 0 Å². The molecule has 1 fully saturated rings. The molecule has 0 N–H and O–H groups in total. The van der Waals surface area contributed by atoms with Crippen LogP contribution in [0.1, 0.15) is 6.92 Å². The quantitative estimate of drug-likeness (QED) is 0.529. The Bertz CT molecular complexity index is 157. The summed E-state index contributed by atoms with van der Waals surface area (Å²) in [4.78, 5) is 10.2. The Balaban J connectivity index is 2.67. The second kappa shape index (κ2) is 2.07. The van der Waals surface area contributed by atoms with Gasteiger partial charge in [0.1, 0.15) is 6.67 Å². The highest BCUT2D eigenvalue weighted by molar-refractivity contribution is 5.63. The fraction of sp³-hybridized carbons (Fsp3) is 0.800. The van der Waals surface area contributed by atoms with Crippen LogP contribution in [0.15, 0.2) is 0 Å². The van der Waals surface area contributed by atoms with Crippen LogP contribution in [0.3, 0.4) is 0 Å². The molecule has 0 aromatic carbocycles.